The maximum atomic E-state index is 11.2. The molecule has 1 aromatic rings. The normalized spacial score (nSPS) is 13.8. The van der Waals surface area contributed by atoms with Gasteiger partial charge in [-0.1, -0.05) is 55.1 Å². The van der Waals surface area contributed by atoms with Crippen LogP contribution in [-0.2, 0) is 14.9 Å². The SMILES string of the molecule is C=C[C@@](C)(/C=C/COC(=O)C(=C)C)c1ccccc1. The van der Waals surface area contributed by atoms with Crippen molar-refractivity contribution in [1.82, 2.24) is 0 Å². The Balaban J connectivity index is 2.69. The minimum absolute atomic E-state index is 0.238. The number of hydrogen-bond acceptors (Lipinski definition) is 2. The predicted molar refractivity (Wildman–Crippen MR) is 78.9 cm³/mol. The van der Waals surface area contributed by atoms with Crippen LogP contribution >= 0.6 is 0 Å². The lowest BCUT2D eigenvalue weighted by Crippen LogP contribution is -2.15. The van der Waals surface area contributed by atoms with E-state index < -0.39 is 0 Å². The lowest BCUT2D eigenvalue weighted by molar-refractivity contribution is -0.137. The summed E-state index contributed by atoms with van der Waals surface area (Å²) in [6.07, 6.45) is 5.69. The van der Waals surface area contributed by atoms with Crippen molar-refractivity contribution < 1.29 is 9.53 Å². The van der Waals surface area contributed by atoms with Crippen LogP contribution < -0.4 is 0 Å². The monoisotopic (exact) mass is 256 g/mol. The smallest absolute Gasteiger partial charge is 0.333 e. The number of esters is 1. The van der Waals surface area contributed by atoms with Crippen molar-refractivity contribution in [3.63, 3.8) is 0 Å². The molecule has 0 saturated heterocycles. The zero-order chi connectivity index (χ0) is 14.3. The zero-order valence-electron chi connectivity index (χ0n) is 11.6. The summed E-state index contributed by atoms with van der Waals surface area (Å²) in [6.45, 7) is 11.3. The van der Waals surface area contributed by atoms with Gasteiger partial charge in [-0.25, -0.2) is 4.79 Å². The van der Waals surface area contributed by atoms with Gasteiger partial charge in [0, 0.05) is 11.0 Å². The standard InChI is InChI=1S/C17H20O2/c1-5-17(4,15-10-7-6-8-11-15)12-9-13-19-16(18)14(2)3/h5-12H,1-2,13H2,3-4H3/b12-9+/t17-/m0/s1. The number of carbonyl (C=O) groups is 1. The molecule has 2 nitrogen and oxygen atoms in total. The van der Waals surface area contributed by atoms with Gasteiger partial charge in [-0.15, -0.1) is 6.58 Å². The Morgan fingerprint density at radius 1 is 1.37 bits per heavy atom. The summed E-state index contributed by atoms with van der Waals surface area (Å²) in [5, 5.41) is 0. The van der Waals surface area contributed by atoms with Crippen molar-refractivity contribution in [1.29, 1.82) is 0 Å². The Morgan fingerprint density at radius 3 is 2.53 bits per heavy atom. The van der Waals surface area contributed by atoms with E-state index in [9.17, 15) is 4.79 Å². The molecule has 0 N–H and O–H groups in total. The molecule has 0 fully saturated rings. The largest absolute Gasteiger partial charge is 0.458 e. The van der Waals surface area contributed by atoms with E-state index in [1.165, 1.54) is 0 Å². The maximum Gasteiger partial charge on any atom is 0.333 e. The van der Waals surface area contributed by atoms with E-state index >= 15 is 0 Å². The van der Waals surface area contributed by atoms with E-state index in [0.717, 1.165) is 5.56 Å². The van der Waals surface area contributed by atoms with Crippen LogP contribution in [0.25, 0.3) is 0 Å². The third-order valence-corrected chi connectivity index (χ3v) is 2.94. The van der Waals surface area contributed by atoms with Gasteiger partial charge in [0.1, 0.15) is 6.61 Å². The molecule has 0 spiro atoms. The van der Waals surface area contributed by atoms with E-state index in [1.54, 1.807) is 6.92 Å². The highest BCUT2D eigenvalue weighted by Gasteiger charge is 2.18. The molecule has 1 aromatic carbocycles. The predicted octanol–water partition coefficient (Wildman–Crippen LogP) is 3.81. The van der Waals surface area contributed by atoms with Crippen LogP contribution in [0.3, 0.4) is 0 Å². The molecule has 1 atom stereocenters. The Morgan fingerprint density at radius 2 is 2.00 bits per heavy atom. The van der Waals surface area contributed by atoms with Crippen molar-refractivity contribution in [3.8, 4) is 0 Å². The summed E-state index contributed by atoms with van der Waals surface area (Å²) in [7, 11) is 0. The van der Waals surface area contributed by atoms with Gasteiger partial charge < -0.3 is 4.74 Å². The van der Waals surface area contributed by atoms with Crippen molar-refractivity contribution in [2.75, 3.05) is 6.61 Å². The fourth-order valence-corrected chi connectivity index (χ4v) is 1.62. The summed E-state index contributed by atoms with van der Waals surface area (Å²) < 4.78 is 5.02. The first-order valence-corrected chi connectivity index (χ1v) is 6.19. The molecule has 0 amide bonds. The molecule has 0 heterocycles. The third-order valence-electron chi connectivity index (χ3n) is 2.94. The Labute approximate surface area is 115 Å². The van der Waals surface area contributed by atoms with Crippen LogP contribution in [0.2, 0.25) is 0 Å². The van der Waals surface area contributed by atoms with Gasteiger partial charge in [-0.05, 0) is 19.4 Å². The van der Waals surface area contributed by atoms with E-state index in [1.807, 2.05) is 48.6 Å². The van der Waals surface area contributed by atoms with E-state index in [4.69, 9.17) is 4.74 Å². The molecule has 0 aromatic heterocycles. The highest BCUT2D eigenvalue weighted by molar-refractivity contribution is 5.86. The zero-order valence-corrected chi connectivity index (χ0v) is 11.6. The van der Waals surface area contributed by atoms with Crippen molar-refractivity contribution in [3.05, 3.63) is 72.9 Å². The maximum absolute atomic E-state index is 11.2. The number of carbonyl (C=O) groups excluding carboxylic acids is 1. The molecule has 0 aliphatic carbocycles. The summed E-state index contributed by atoms with van der Waals surface area (Å²) in [5.74, 6) is -0.371. The first-order chi connectivity index (χ1) is 8.99. The Kier molecular flexibility index (Phi) is 5.31. The van der Waals surface area contributed by atoms with Crippen LogP contribution in [0.1, 0.15) is 19.4 Å². The topological polar surface area (TPSA) is 26.3 Å². The molecule has 0 aliphatic rings. The van der Waals surface area contributed by atoms with Gasteiger partial charge in [-0.3, -0.25) is 0 Å². The third kappa shape index (κ3) is 4.25. The van der Waals surface area contributed by atoms with Crippen molar-refractivity contribution in [2.45, 2.75) is 19.3 Å². The van der Waals surface area contributed by atoms with Gasteiger partial charge >= 0.3 is 5.97 Å². The Hall–Kier alpha value is -2.09. The van der Waals surface area contributed by atoms with Gasteiger partial charge in [-0.2, -0.15) is 0 Å². The van der Waals surface area contributed by atoms with E-state index in [-0.39, 0.29) is 18.0 Å². The highest BCUT2D eigenvalue weighted by Crippen LogP contribution is 2.26. The van der Waals surface area contributed by atoms with Gasteiger partial charge in [0.2, 0.25) is 0 Å². The second-order valence-electron chi connectivity index (χ2n) is 4.63. The Bertz CT molecular complexity index is 485. The fourth-order valence-electron chi connectivity index (χ4n) is 1.62. The number of ether oxygens (including phenoxy) is 1. The molecular weight excluding hydrogens is 236 g/mol. The molecule has 0 saturated carbocycles. The van der Waals surface area contributed by atoms with Crippen LogP contribution in [0.5, 0.6) is 0 Å². The number of hydrogen-bond donors (Lipinski definition) is 0. The second-order valence-corrected chi connectivity index (χ2v) is 4.63. The summed E-state index contributed by atoms with van der Waals surface area (Å²) >= 11 is 0. The molecule has 0 radical (unpaired) electrons. The summed E-state index contributed by atoms with van der Waals surface area (Å²) in [5.41, 5.74) is 1.28. The van der Waals surface area contributed by atoms with Gasteiger partial charge in [0.15, 0.2) is 0 Å². The number of allylic oxidation sites excluding steroid dienone is 2. The summed E-state index contributed by atoms with van der Waals surface area (Å²) in [4.78, 5) is 11.2. The molecule has 1 rings (SSSR count). The van der Waals surface area contributed by atoms with Gasteiger partial charge in [0.25, 0.3) is 0 Å². The molecule has 0 bridgehead atoms. The number of rotatable bonds is 6. The van der Waals surface area contributed by atoms with Crippen LogP contribution in [-0.4, -0.2) is 12.6 Å². The van der Waals surface area contributed by atoms with Crippen LogP contribution in [0, 0.1) is 0 Å². The van der Waals surface area contributed by atoms with Crippen LogP contribution in [0.4, 0.5) is 0 Å². The second kappa shape index (κ2) is 6.74. The first kappa shape index (κ1) is 15.0. The minimum Gasteiger partial charge on any atom is -0.458 e. The molecular formula is C17H20O2. The molecule has 19 heavy (non-hydrogen) atoms. The van der Waals surface area contributed by atoms with Gasteiger partial charge in [0.05, 0.1) is 0 Å². The van der Waals surface area contributed by atoms with Crippen molar-refractivity contribution >= 4 is 5.97 Å². The van der Waals surface area contributed by atoms with Crippen molar-refractivity contribution in [2.24, 2.45) is 0 Å². The lowest BCUT2D eigenvalue weighted by atomic mass is 9.82. The minimum atomic E-state index is -0.371. The highest BCUT2D eigenvalue weighted by atomic mass is 16.5. The molecule has 2 heteroatoms. The van der Waals surface area contributed by atoms with Crippen LogP contribution in [0.15, 0.2) is 67.3 Å². The molecule has 0 unspecified atom stereocenters. The molecule has 100 valence electrons. The quantitative estimate of drug-likeness (QED) is 0.439. The number of benzene rings is 1. The van der Waals surface area contributed by atoms with E-state index in [0.29, 0.717) is 5.57 Å². The first-order valence-electron chi connectivity index (χ1n) is 6.19. The average Bonchev–Trinajstić information content (AvgIpc) is 2.43. The fraction of sp³-hybridized carbons (Fsp3) is 0.235. The summed E-state index contributed by atoms with van der Waals surface area (Å²) in [6, 6.07) is 10.1. The van der Waals surface area contributed by atoms with E-state index in [2.05, 4.69) is 20.1 Å². The lowest BCUT2D eigenvalue weighted by Gasteiger charge is -2.22. The molecule has 0 aliphatic heterocycles. The average molecular weight is 256 g/mol.